The zero-order valence-electron chi connectivity index (χ0n) is 10.8. The molecule has 0 radical (unpaired) electrons. The van der Waals surface area contributed by atoms with Crippen LogP contribution in [-0.2, 0) is 9.53 Å². The fourth-order valence-electron chi connectivity index (χ4n) is 1.49. The topological polar surface area (TPSA) is 95.9 Å². The number of aliphatic carboxylic acids is 1. The first-order valence-corrected chi connectivity index (χ1v) is 5.76. The van der Waals surface area contributed by atoms with Gasteiger partial charge in [-0.25, -0.2) is 0 Å². The molecule has 0 aromatic heterocycles. The van der Waals surface area contributed by atoms with Gasteiger partial charge in [0.05, 0.1) is 12.5 Å². The summed E-state index contributed by atoms with van der Waals surface area (Å²) in [5, 5.41) is 20.7. The van der Waals surface area contributed by atoms with Gasteiger partial charge < -0.3 is 20.3 Å². The van der Waals surface area contributed by atoms with E-state index in [4.69, 9.17) is 9.84 Å². The fourth-order valence-corrected chi connectivity index (χ4v) is 1.49. The lowest BCUT2D eigenvalue weighted by molar-refractivity contribution is -0.139. The zero-order chi connectivity index (χ0) is 14.4. The molecule has 6 nitrogen and oxygen atoms in total. The number of aryl methyl sites for hydroxylation is 1. The van der Waals surface area contributed by atoms with Crippen molar-refractivity contribution < 1.29 is 24.5 Å². The molecular formula is C13H17NO5. The van der Waals surface area contributed by atoms with E-state index in [0.29, 0.717) is 11.1 Å². The highest BCUT2D eigenvalue weighted by molar-refractivity contribution is 5.94. The van der Waals surface area contributed by atoms with Gasteiger partial charge in [0.25, 0.3) is 5.91 Å². The van der Waals surface area contributed by atoms with Crippen LogP contribution in [-0.4, -0.2) is 41.8 Å². The summed E-state index contributed by atoms with van der Waals surface area (Å²) in [6, 6.07) is 4.59. The van der Waals surface area contributed by atoms with E-state index in [0.717, 1.165) is 0 Å². The minimum Gasteiger partial charge on any atom is -0.508 e. The maximum Gasteiger partial charge on any atom is 0.306 e. The third kappa shape index (κ3) is 4.59. The van der Waals surface area contributed by atoms with Crippen molar-refractivity contribution in [3.8, 4) is 5.75 Å². The lowest BCUT2D eigenvalue weighted by Crippen LogP contribution is -2.34. The highest BCUT2D eigenvalue weighted by Crippen LogP contribution is 2.17. The quantitative estimate of drug-likeness (QED) is 0.712. The van der Waals surface area contributed by atoms with Crippen LogP contribution >= 0.6 is 0 Å². The molecular weight excluding hydrogens is 250 g/mol. The Labute approximate surface area is 111 Å². The van der Waals surface area contributed by atoms with Gasteiger partial charge in [-0.05, 0) is 24.6 Å². The lowest BCUT2D eigenvalue weighted by Gasteiger charge is -2.14. The number of hydrogen-bond donors (Lipinski definition) is 3. The molecule has 19 heavy (non-hydrogen) atoms. The van der Waals surface area contributed by atoms with Crippen LogP contribution in [0.1, 0.15) is 22.3 Å². The molecule has 0 aliphatic heterocycles. The standard InChI is InChI=1S/C13H17NO5/c1-8-3-4-9(5-11(8)15)13(18)14-7-10(19-2)6-12(16)17/h3-5,10,15H,6-7H2,1-2H3,(H,14,18)(H,16,17). The van der Waals surface area contributed by atoms with Crippen LogP contribution in [0.25, 0.3) is 0 Å². The van der Waals surface area contributed by atoms with Gasteiger partial charge in [0.1, 0.15) is 5.75 Å². The molecule has 0 aliphatic rings. The number of benzene rings is 1. The van der Waals surface area contributed by atoms with E-state index in [9.17, 15) is 14.7 Å². The van der Waals surface area contributed by atoms with Crippen LogP contribution in [0.4, 0.5) is 0 Å². The van der Waals surface area contributed by atoms with E-state index in [1.807, 2.05) is 0 Å². The predicted octanol–water partition coefficient (Wildman–Crippen LogP) is 0.920. The van der Waals surface area contributed by atoms with Gasteiger partial charge in [-0.1, -0.05) is 6.07 Å². The van der Waals surface area contributed by atoms with Crippen LogP contribution in [0, 0.1) is 6.92 Å². The summed E-state index contributed by atoms with van der Waals surface area (Å²) in [5.74, 6) is -1.33. The van der Waals surface area contributed by atoms with Crippen molar-refractivity contribution in [1.82, 2.24) is 5.32 Å². The number of carbonyl (C=O) groups is 2. The van der Waals surface area contributed by atoms with Crippen molar-refractivity contribution >= 4 is 11.9 Å². The number of phenolic OH excluding ortho intramolecular Hbond substituents is 1. The third-order valence-corrected chi connectivity index (χ3v) is 2.70. The number of carbonyl (C=O) groups excluding carboxylic acids is 1. The Morgan fingerprint density at radius 2 is 2.11 bits per heavy atom. The summed E-state index contributed by atoms with van der Waals surface area (Å²) < 4.78 is 4.95. The first kappa shape index (κ1) is 15.0. The monoisotopic (exact) mass is 267 g/mol. The van der Waals surface area contributed by atoms with Crippen LogP contribution in [0.5, 0.6) is 5.75 Å². The van der Waals surface area contributed by atoms with Crippen molar-refractivity contribution in [2.75, 3.05) is 13.7 Å². The molecule has 0 saturated carbocycles. The van der Waals surface area contributed by atoms with Gasteiger partial charge in [-0.2, -0.15) is 0 Å². The number of amides is 1. The number of ether oxygens (including phenoxy) is 1. The number of rotatable bonds is 6. The number of carboxylic acids is 1. The average Bonchev–Trinajstić information content (AvgIpc) is 2.36. The molecule has 1 amide bonds. The summed E-state index contributed by atoms with van der Waals surface area (Å²) >= 11 is 0. The molecule has 0 heterocycles. The molecule has 1 unspecified atom stereocenters. The van der Waals surface area contributed by atoms with Crippen LogP contribution in [0.2, 0.25) is 0 Å². The number of carboxylic acid groups (broad SMARTS) is 1. The smallest absolute Gasteiger partial charge is 0.306 e. The third-order valence-electron chi connectivity index (χ3n) is 2.70. The van der Waals surface area contributed by atoms with Crippen LogP contribution in [0.3, 0.4) is 0 Å². The molecule has 1 rings (SSSR count). The summed E-state index contributed by atoms with van der Waals surface area (Å²) in [6.45, 7) is 1.82. The van der Waals surface area contributed by atoms with Gasteiger partial charge in [-0.15, -0.1) is 0 Å². The highest BCUT2D eigenvalue weighted by atomic mass is 16.5. The summed E-state index contributed by atoms with van der Waals surface area (Å²) in [5.41, 5.74) is 0.991. The molecule has 1 atom stereocenters. The van der Waals surface area contributed by atoms with Crippen molar-refractivity contribution in [2.24, 2.45) is 0 Å². The predicted molar refractivity (Wildman–Crippen MR) is 68.2 cm³/mol. The number of hydrogen-bond acceptors (Lipinski definition) is 4. The maximum atomic E-state index is 11.8. The van der Waals surface area contributed by atoms with Crippen LogP contribution in [0.15, 0.2) is 18.2 Å². The Balaban J connectivity index is 2.59. The van der Waals surface area contributed by atoms with Crippen LogP contribution < -0.4 is 5.32 Å². The van der Waals surface area contributed by atoms with Crippen molar-refractivity contribution in [3.63, 3.8) is 0 Å². The normalized spacial score (nSPS) is 11.9. The Bertz CT molecular complexity index is 472. The molecule has 104 valence electrons. The SMILES string of the molecule is COC(CNC(=O)c1ccc(C)c(O)c1)CC(=O)O. The van der Waals surface area contributed by atoms with Gasteiger partial charge >= 0.3 is 5.97 Å². The molecule has 0 spiro atoms. The molecule has 1 aromatic rings. The lowest BCUT2D eigenvalue weighted by atomic mass is 10.1. The van der Waals surface area contributed by atoms with Gasteiger partial charge in [-0.3, -0.25) is 9.59 Å². The minimum atomic E-state index is -0.992. The Morgan fingerprint density at radius 3 is 2.63 bits per heavy atom. The Kier molecular flexibility index (Phi) is 5.32. The molecule has 0 fully saturated rings. The Morgan fingerprint density at radius 1 is 1.42 bits per heavy atom. The van der Waals surface area contributed by atoms with E-state index in [2.05, 4.69) is 5.32 Å². The number of methoxy groups -OCH3 is 1. The summed E-state index contributed by atoms with van der Waals surface area (Å²) in [6.07, 6.45) is -0.767. The Hall–Kier alpha value is -2.08. The largest absolute Gasteiger partial charge is 0.508 e. The van der Waals surface area contributed by atoms with Crippen molar-refractivity contribution in [1.29, 1.82) is 0 Å². The molecule has 6 heteroatoms. The second kappa shape index (κ2) is 6.75. The van der Waals surface area contributed by atoms with E-state index in [-0.39, 0.29) is 24.6 Å². The highest BCUT2D eigenvalue weighted by Gasteiger charge is 2.14. The second-order valence-electron chi connectivity index (χ2n) is 4.17. The maximum absolute atomic E-state index is 11.8. The van der Waals surface area contributed by atoms with Crippen molar-refractivity contribution in [3.05, 3.63) is 29.3 Å². The average molecular weight is 267 g/mol. The molecule has 0 aliphatic carbocycles. The van der Waals surface area contributed by atoms with E-state index in [1.54, 1.807) is 19.1 Å². The molecule has 0 bridgehead atoms. The first-order valence-electron chi connectivity index (χ1n) is 5.76. The second-order valence-corrected chi connectivity index (χ2v) is 4.17. The number of phenols is 1. The van der Waals surface area contributed by atoms with Gasteiger partial charge in [0.2, 0.25) is 0 Å². The van der Waals surface area contributed by atoms with E-state index < -0.39 is 12.1 Å². The minimum absolute atomic E-state index is 0.0430. The van der Waals surface area contributed by atoms with Gasteiger partial charge in [0, 0.05) is 19.2 Å². The molecule has 1 aromatic carbocycles. The number of aromatic hydroxyl groups is 1. The molecule has 3 N–H and O–H groups in total. The first-order chi connectivity index (χ1) is 8.93. The fraction of sp³-hybridized carbons (Fsp3) is 0.385. The number of nitrogens with one attached hydrogen (secondary N) is 1. The summed E-state index contributed by atoms with van der Waals surface area (Å²) in [4.78, 5) is 22.3. The summed E-state index contributed by atoms with van der Waals surface area (Å²) in [7, 11) is 1.39. The van der Waals surface area contributed by atoms with Gasteiger partial charge in [0.15, 0.2) is 0 Å². The van der Waals surface area contributed by atoms with E-state index in [1.165, 1.54) is 13.2 Å². The van der Waals surface area contributed by atoms with E-state index >= 15 is 0 Å². The molecule has 0 saturated heterocycles. The zero-order valence-corrected chi connectivity index (χ0v) is 10.8. The van der Waals surface area contributed by atoms with Crippen molar-refractivity contribution in [2.45, 2.75) is 19.4 Å².